The van der Waals surface area contributed by atoms with E-state index in [0.717, 1.165) is 5.56 Å². The maximum atomic E-state index is 12.9. The summed E-state index contributed by atoms with van der Waals surface area (Å²) >= 11 is 0. The van der Waals surface area contributed by atoms with Gasteiger partial charge < -0.3 is 31.2 Å². The van der Waals surface area contributed by atoms with Gasteiger partial charge in [0.15, 0.2) is 0 Å². The van der Waals surface area contributed by atoms with Crippen molar-refractivity contribution in [2.45, 2.75) is 78.0 Å². The van der Waals surface area contributed by atoms with Gasteiger partial charge in [0.05, 0.1) is 19.6 Å². The van der Waals surface area contributed by atoms with Crippen molar-refractivity contribution < 1.29 is 28.7 Å². The van der Waals surface area contributed by atoms with Crippen molar-refractivity contribution in [3.8, 4) is 0 Å². The van der Waals surface area contributed by atoms with E-state index >= 15 is 0 Å². The Morgan fingerprint density at radius 2 is 1.63 bits per heavy atom. The van der Waals surface area contributed by atoms with Crippen LogP contribution in [-0.4, -0.2) is 55.2 Å². The number of anilines is 1. The lowest BCUT2D eigenvalue weighted by atomic mass is 10.0. The number of methoxy groups -OCH3 is 1. The minimum atomic E-state index is -0.802. The van der Waals surface area contributed by atoms with E-state index < -0.39 is 29.7 Å². The molecule has 0 aliphatic rings. The van der Waals surface area contributed by atoms with Crippen molar-refractivity contribution in [1.82, 2.24) is 10.6 Å². The van der Waals surface area contributed by atoms with Gasteiger partial charge in [-0.05, 0) is 63.6 Å². The van der Waals surface area contributed by atoms with Crippen LogP contribution in [0, 0.1) is 5.92 Å². The van der Waals surface area contributed by atoms with Crippen LogP contribution >= 0.6 is 0 Å². The fourth-order valence-electron chi connectivity index (χ4n) is 2.99. The number of rotatable bonds is 12. The fourth-order valence-corrected chi connectivity index (χ4v) is 2.99. The zero-order chi connectivity index (χ0) is 26.6. The summed E-state index contributed by atoms with van der Waals surface area (Å²) in [6.07, 6.45) is 1.16. The van der Waals surface area contributed by atoms with E-state index in [-0.39, 0.29) is 24.2 Å². The smallest absolute Gasteiger partial charge is 0.407 e. The summed E-state index contributed by atoms with van der Waals surface area (Å²) < 4.78 is 9.85. The Kier molecular flexibility index (Phi) is 12.2. The molecule has 0 aliphatic carbocycles. The predicted octanol–water partition coefficient (Wildman–Crippen LogP) is 2.50. The van der Waals surface area contributed by atoms with Gasteiger partial charge in [-0.1, -0.05) is 26.0 Å². The molecule has 0 aliphatic heterocycles. The average molecular weight is 493 g/mol. The molecule has 0 aromatic heterocycles. The first-order valence-electron chi connectivity index (χ1n) is 11.8. The third kappa shape index (κ3) is 12.2. The maximum Gasteiger partial charge on any atom is 0.407 e. The molecule has 0 saturated carbocycles. The highest BCUT2D eigenvalue weighted by atomic mass is 16.6. The number of unbranched alkanes of at least 4 members (excludes halogenated alkanes) is 1. The molecule has 0 spiro atoms. The third-order valence-corrected chi connectivity index (χ3v) is 5.04. The Labute approximate surface area is 207 Å². The molecule has 1 rings (SSSR count). The molecule has 2 atom stereocenters. The van der Waals surface area contributed by atoms with Crippen molar-refractivity contribution in [2.24, 2.45) is 11.7 Å². The lowest BCUT2D eigenvalue weighted by Gasteiger charge is -2.22. The zero-order valence-corrected chi connectivity index (χ0v) is 21.6. The molecule has 3 amide bonds. The highest BCUT2D eigenvalue weighted by molar-refractivity contribution is 5.97. The van der Waals surface area contributed by atoms with E-state index in [9.17, 15) is 19.2 Å². The van der Waals surface area contributed by atoms with Crippen LogP contribution in [0.15, 0.2) is 24.3 Å². The largest absolute Gasteiger partial charge is 0.469 e. The lowest BCUT2D eigenvalue weighted by Crippen LogP contribution is -2.51. The third-order valence-electron chi connectivity index (χ3n) is 5.04. The van der Waals surface area contributed by atoms with Gasteiger partial charge in [-0.25, -0.2) is 4.79 Å². The molecular weight excluding hydrogens is 452 g/mol. The number of esters is 1. The summed E-state index contributed by atoms with van der Waals surface area (Å²) in [5.74, 6) is -1.22. The van der Waals surface area contributed by atoms with Crippen molar-refractivity contribution in [1.29, 1.82) is 0 Å². The van der Waals surface area contributed by atoms with Crippen LogP contribution < -0.4 is 21.7 Å². The monoisotopic (exact) mass is 492 g/mol. The standard InChI is InChI=1S/C25H40N4O6/c1-16(2)21(26)23(32)29-19(9-7-8-14-27-24(33)35-25(3,4)5)22(31)28-18-12-10-17(11-13-18)15-20(30)34-6/h10-13,16,19,21H,7-9,14-15,26H2,1-6H3,(H,27,33)(H,28,31)(H,29,32)/t19-,21?/m0/s1. The Bertz CT molecular complexity index is 849. The second-order valence-electron chi connectivity index (χ2n) is 9.69. The Morgan fingerprint density at radius 1 is 1.00 bits per heavy atom. The number of hydrogen-bond acceptors (Lipinski definition) is 7. The molecule has 10 nitrogen and oxygen atoms in total. The topological polar surface area (TPSA) is 149 Å². The Morgan fingerprint density at radius 3 is 2.17 bits per heavy atom. The average Bonchev–Trinajstić information content (AvgIpc) is 2.77. The van der Waals surface area contributed by atoms with Gasteiger partial charge in [0, 0.05) is 12.2 Å². The molecule has 0 fully saturated rings. The van der Waals surface area contributed by atoms with Gasteiger partial charge in [-0.3, -0.25) is 14.4 Å². The minimum Gasteiger partial charge on any atom is -0.469 e. The van der Waals surface area contributed by atoms with Crippen molar-refractivity contribution in [3.63, 3.8) is 0 Å². The first kappa shape index (κ1) is 29.9. The summed E-state index contributed by atoms with van der Waals surface area (Å²) in [6, 6.07) is 5.26. The lowest BCUT2D eigenvalue weighted by molar-refractivity contribution is -0.139. The molecule has 0 radical (unpaired) electrons. The van der Waals surface area contributed by atoms with Gasteiger partial charge in [0.25, 0.3) is 0 Å². The molecule has 0 saturated heterocycles. The summed E-state index contributed by atoms with van der Waals surface area (Å²) in [5, 5.41) is 8.22. The predicted molar refractivity (Wildman–Crippen MR) is 134 cm³/mol. The minimum absolute atomic E-state index is 0.0842. The zero-order valence-electron chi connectivity index (χ0n) is 21.6. The van der Waals surface area contributed by atoms with E-state index in [1.54, 1.807) is 45.0 Å². The first-order valence-corrected chi connectivity index (χ1v) is 11.8. The van der Waals surface area contributed by atoms with Crippen LogP contribution in [0.2, 0.25) is 0 Å². The number of amides is 3. The van der Waals surface area contributed by atoms with Crippen LogP contribution in [0.25, 0.3) is 0 Å². The number of ether oxygens (including phenoxy) is 2. The van der Waals surface area contributed by atoms with Crippen molar-refractivity contribution in [3.05, 3.63) is 29.8 Å². The SMILES string of the molecule is COC(=O)Cc1ccc(NC(=O)[C@H](CCCCNC(=O)OC(C)(C)C)NC(=O)C(N)C(C)C)cc1. The second-order valence-corrected chi connectivity index (χ2v) is 9.69. The van der Waals surface area contributed by atoms with Crippen molar-refractivity contribution >= 4 is 29.6 Å². The number of nitrogens with one attached hydrogen (secondary N) is 3. The second kappa shape index (κ2) is 14.3. The number of benzene rings is 1. The van der Waals surface area contributed by atoms with Crippen LogP contribution in [-0.2, 0) is 30.3 Å². The molecule has 1 aromatic carbocycles. The number of nitrogens with two attached hydrogens (primary N) is 1. The molecule has 0 bridgehead atoms. The summed E-state index contributed by atoms with van der Waals surface area (Å²) in [5.41, 5.74) is 6.65. The van der Waals surface area contributed by atoms with Crippen molar-refractivity contribution in [2.75, 3.05) is 19.0 Å². The Balaban J connectivity index is 2.71. The van der Waals surface area contributed by atoms with E-state index in [0.29, 0.717) is 31.5 Å². The summed E-state index contributed by atoms with van der Waals surface area (Å²) in [7, 11) is 1.32. The van der Waals surface area contributed by atoms with Gasteiger partial charge in [0.1, 0.15) is 11.6 Å². The van der Waals surface area contributed by atoms with Crippen LogP contribution in [0.3, 0.4) is 0 Å². The molecule has 35 heavy (non-hydrogen) atoms. The van der Waals surface area contributed by atoms with E-state index in [1.165, 1.54) is 7.11 Å². The van der Waals surface area contributed by atoms with Crippen LogP contribution in [0.1, 0.15) is 59.4 Å². The summed E-state index contributed by atoms with van der Waals surface area (Å²) in [4.78, 5) is 48.6. The fraction of sp³-hybridized carbons (Fsp3) is 0.600. The van der Waals surface area contributed by atoms with Gasteiger partial charge in [-0.15, -0.1) is 0 Å². The molecule has 10 heteroatoms. The molecule has 1 unspecified atom stereocenters. The van der Waals surface area contributed by atoms with Crippen LogP contribution in [0.5, 0.6) is 0 Å². The number of carbonyl (C=O) groups excluding carboxylic acids is 4. The normalized spacial score (nSPS) is 12.9. The maximum absolute atomic E-state index is 12.9. The molecule has 0 heterocycles. The number of carbonyl (C=O) groups is 4. The van der Waals surface area contributed by atoms with Gasteiger partial charge in [0.2, 0.25) is 11.8 Å². The Hall–Kier alpha value is -3.14. The van der Waals surface area contributed by atoms with E-state index in [1.807, 2.05) is 13.8 Å². The van der Waals surface area contributed by atoms with Gasteiger partial charge >= 0.3 is 12.1 Å². The molecule has 5 N–H and O–H groups in total. The highest BCUT2D eigenvalue weighted by Gasteiger charge is 2.25. The first-order chi connectivity index (χ1) is 16.3. The molecular formula is C25H40N4O6. The van der Waals surface area contributed by atoms with Gasteiger partial charge in [-0.2, -0.15) is 0 Å². The number of hydrogen-bond donors (Lipinski definition) is 4. The number of alkyl carbamates (subject to hydrolysis) is 1. The molecule has 1 aromatic rings. The molecule has 196 valence electrons. The van der Waals surface area contributed by atoms with E-state index in [4.69, 9.17) is 10.5 Å². The van der Waals surface area contributed by atoms with Crippen LogP contribution in [0.4, 0.5) is 10.5 Å². The summed E-state index contributed by atoms with van der Waals surface area (Å²) in [6.45, 7) is 9.40. The highest BCUT2D eigenvalue weighted by Crippen LogP contribution is 2.13. The quantitative estimate of drug-likeness (QED) is 0.259. The van der Waals surface area contributed by atoms with E-state index in [2.05, 4.69) is 20.7 Å².